The fourth-order valence-electron chi connectivity index (χ4n) is 2.44. The van der Waals surface area contributed by atoms with Crippen molar-refractivity contribution in [1.82, 2.24) is 9.55 Å². The van der Waals surface area contributed by atoms with Crippen LogP contribution in [0.5, 0.6) is 0 Å². The maximum atomic E-state index is 12.4. The van der Waals surface area contributed by atoms with Crippen LogP contribution in [-0.4, -0.2) is 21.2 Å². The van der Waals surface area contributed by atoms with E-state index in [1.165, 1.54) is 11.5 Å². The summed E-state index contributed by atoms with van der Waals surface area (Å²) in [5, 5.41) is 4.40. The van der Waals surface area contributed by atoms with Crippen molar-refractivity contribution in [1.29, 1.82) is 0 Å². The maximum Gasteiger partial charge on any atom is 0.258 e. The van der Waals surface area contributed by atoms with Gasteiger partial charge in [-0.3, -0.25) is 14.4 Å². The lowest BCUT2D eigenvalue weighted by atomic mass is 10.2. The third-order valence-electron chi connectivity index (χ3n) is 3.56. The van der Waals surface area contributed by atoms with E-state index in [1.54, 1.807) is 31.3 Å². The summed E-state index contributed by atoms with van der Waals surface area (Å²) in [5.41, 5.74) is 0.369. The number of amides is 1. The van der Waals surface area contributed by atoms with Crippen LogP contribution in [0.4, 0.5) is 5.13 Å². The molecular formula is C17H15N3O3S. The van der Waals surface area contributed by atoms with Crippen LogP contribution in [0.25, 0.3) is 10.8 Å². The van der Waals surface area contributed by atoms with Crippen LogP contribution in [-0.2, 0) is 11.3 Å². The van der Waals surface area contributed by atoms with Crippen LogP contribution in [0.2, 0.25) is 0 Å². The number of fused-ring (bicyclic) bond motifs is 1. The Hall–Kier alpha value is -2.80. The molecule has 0 bridgehead atoms. The highest BCUT2D eigenvalue weighted by Gasteiger charge is 2.14. The highest BCUT2D eigenvalue weighted by atomic mass is 32.1. The molecule has 24 heavy (non-hydrogen) atoms. The molecule has 0 fully saturated rings. The maximum absolute atomic E-state index is 12.4. The summed E-state index contributed by atoms with van der Waals surface area (Å²) in [7, 11) is 0. The molecule has 1 N–H and O–H groups in total. The van der Waals surface area contributed by atoms with Crippen molar-refractivity contribution in [2.45, 2.75) is 20.4 Å². The van der Waals surface area contributed by atoms with Gasteiger partial charge in [0.25, 0.3) is 5.56 Å². The van der Waals surface area contributed by atoms with Crippen molar-refractivity contribution in [3.8, 4) is 0 Å². The smallest absolute Gasteiger partial charge is 0.258 e. The predicted molar refractivity (Wildman–Crippen MR) is 93.7 cm³/mol. The minimum Gasteiger partial charge on any atom is -0.306 e. The van der Waals surface area contributed by atoms with Gasteiger partial charge in [-0.15, -0.1) is 0 Å². The number of hydrogen-bond acceptors (Lipinski definition) is 5. The number of pyridine rings is 1. The second kappa shape index (κ2) is 6.37. The van der Waals surface area contributed by atoms with Crippen molar-refractivity contribution in [3.63, 3.8) is 0 Å². The summed E-state index contributed by atoms with van der Waals surface area (Å²) in [5.74, 6) is -0.451. The van der Waals surface area contributed by atoms with Crippen molar-refractivity contribution < 1.29 is 9.59 Å². The Kier molecular flexibility index (Phi) is 4.26. The fraction of sp³-hybridized carbons (Fsp3) is 0.176. The first-order chi connectivity index (χ1) is 11.5. The van der Waals surface area contributed by atoms with Gasteiger partial charge >= 0.3 is 0 Å². The summed E-state index contributed by atoms with van der Waals surface area (Å²) >= 11 is 1.13. The van der Waals surface area contributed by atoms with Crippen LogP contribution in [0.15, 0.2) is 41.3 Å². The number of nitrogens with one attached hydrogen (secondary N) is 1. The number of carbonyl (C=O) groups is 2. The van der Waals surface area contributed by atoms with Gasteiger partial charge in [-0.05, 0) is 24.4 Å². The zero-order valence-electron chi connectivity index (χ0n) is 13.2. The fourth-order valence-corrected chi connectivity index (χ4v) is 3.32. The van der Waals surface area contributed by atoms with Crippen molar-refractivity contribution in [2.75, 3.05) is 5.32 Å². The number of aromatic nitrogens is 2. The largest absolute Gasteiger partial charge is 0.306 e. The number of thiazole rings is 1. The normalized spacial score (nSPS) is 10.8. The van der Waals surface area contributed by atoms with E-state index in [1.807, 2.05) is 12.1 Å². The second-order valence-corrected chi connectivity index (χ2v) is 6.37. The lowest BCUT2D eigenvalue weighted by Gasteiger charge is -2.06. The molecule has 0 unspecified atom stereocenters. The number of nitrogens with zero attached hydrogens (tertiary/aromatic N) is 2. The molecule has 7 heteroatoms. The predicted octanol–water partition coefficient (Wildman–Crippen LogP) is 2.61. The SMILES string of the molecule is CC(=O)c1sc(NC(=O)Cn2ccc3ccccc3c2=O)nc1C. The number of carbonyl (C=O) groups excluding carboxylic acids is 2. The number of hydrogen-bond donors (Lipinski definition) is 1. The molecule has 2 heterocycles. The standard InChI is InChI=1S/C17H15N3O3S/c1-10-15(11(2)21)24-17(18-10)19-14(22)9-20-8-7-12-5-3-4-6-13(12)16(20)23/h3-8H,9H2,1-2H3,(H,18,19,22). The molecule has 0 aliphatic carbocycles. The molecule has 0 spiro atoms. The highest BCUT2D eigenvalue weighted by molar-refractivity contribution is 7.17. The Morgan fingerprint density at radius 3 is 2.71 bits per heavy atom. The Bertz CT molecular complexity index is 1000. The first-order valence-corrected chi connectivity index (χ1v) is 8.14. The third-order valence-corrected chi connectivity index (χ3v) is 4.74. The number of rotatable bonds is 4. The van der Waals surface area contributed by atoms with Gasteiger partial charge in [-0.2, -0.15) is 0 Å². The topological polar surface area (TPSA) is 81.1 Å². The van der Waals surface area contributed by atoms with Crippen molar-refractivity contribution in [2.24, 2.45) is 0 Å². The molecule has 6 nitrogen and oxygen atoms in total. The molecule has 2 aromatic heterocycles. The molecule has 122 valence electrons. The van der Waals surface area contributed by atoms with Crippen LogP contribution in [0.3, 0.4) is 0 Å². The first-order valence-electron chi connectivity index (χ1n) is 7.32. The van der Waals surface area contributed by atoms with Gasteiger partial charge in [0.05, 0.1) is 10.6 Å². The molecule has 1 amide bonds. The third kappa shape index (κ3) is 3.11. The molecule has 1 aromatic carbocycles. The summed E-state index contributed by atoms with van der Waals surface area (Å²) in [6, 6.07) is 9.02. The van der Waals surface area contributed by atoms with Gasteiger partial charge in [-0.1, -0.05) is 29.5 Å². The van der Waals surface area contributed by atoms with E-state index >= 15 is 0 Å². The van der Waals surface area contributed by atoms with E-state index < -0.39 is 0 Å². The van der Waals surface area contributed by atoms with E-state index in [9.17, 15) is 14.4 Å². The summed E-state index contributed by atoms with van der Waals surface area (Å²) < 4.78 is 1.35. The van der Waals surface area contributed by atoms with Crippen LogP contribution < -0.4 is 10.9 Å². The van der Waals surface area contributed by atoms with Gasteiger partial charge in [0.2, 0.25) is 5.91 Å². The second-order valence-electron chi connectivity index (χ2n) is 5.37. The van der Waals surface area contributed by atoms with E-state index in [0.717, 1.165) is 16.7 Å². The van der Waals surface area contributed by atoms with E-state index in [4.69, 9.17) is 0 Å². The molecule has 0 saturated carbocycles. The summed E-state index contributed by atoms with van der Waals surface area (Å²) in [6.45, 7) is 3.06. The van der Waals surface area contributed by atoms with Gasteiger partial charge in [-0.25, -0.2) is 4.98 Å². The Morgan fingerprint density at radius 2 is 2.00 bits per heavy atom. The molecule has 3 rings (SSSR count). The number of anilines is 1. The first kappa shape index (κ1) is 16.1. The van der Waals surface area contributed by atoms with Gasteiger partial charge in [0.15, 0.2) is 10.9 Å². The van der Waals surface area contributed by atoms with Gasteiger partial charge in [0, 0.05) is 18.5 Å². The lowest BCUT2D eigenvalue weighted by molar-refractivity contribution is -0.116. The van der Waals surface area contributed by atoms with Crippen molar-refractivity contribution in [3.05, 3.63) is 57.5 Å². The van der Waals surface area contributed by atoms with Crippen LogP contribution >= 0.6 is 11.3 Å². The zero-order valence-corrected chi connectivity index (χ0v) is 14.0. The van der Waals surface area contributed by atoms with Crippen LogP contribution in [0.1, 0.15) is 22.3 Å². The number of Topliss-reactive ketones (excluding diaryl/α,β-unsaturated/α-hetero) is 1. The van der Waals surface area contributed by atoms with Gasteiger partial charge in [0.1, 0.15) is 6.54 Å². The van der Waals surface area contributed by atoms with E-state index in [-0.39, 0.29) is 23.8 Å². The minimum absolute atomic E-state index is 0.0868. The quantitative estimate of drug-likeness (QED) is 0.740. The summed E-state index contributed by atoms with van der Waals surface area (Å²) in [4.78, 5) is 40.7. The molecule has 0 atom stereocenters. The molecule has 0 aliphatic heterocycles. The molecule has 0 saturated heterocycles. The Balaban J connectivity index is 1.80. The van der Waals surface area contributed by atoms with E-state index in [2.05, 4.69) is 10.3 Å². The average molecular weight is 341 g/mol. The zero-order chi connectivity index (χ0) is 17.3. The monoisotopic (exact) mass is 341 g/mol. The Labute approximate surface area is 141 Å². The van der Waals surface area contributed by atoms with Crippen molar-refractivity contribution >= 4 is 38.9 Å². The number of benzene rings is 1. The van der Waals surface area contributed by atoms with E-state index in [0.29, 0.717) is 21.1 Å². The minimum atomic E-state index is -0.365. The average Bonchev–Trinajstić information content (AvgIpc) is 2.91. The van der Waals surface area contributed by atoms with Crippen LogP contribution in [0, 0.1) is 6.92 Å². The highest BCUT2D eigenvalue weighted by Crippen LogP contribution is 2.22. The number of aryl methyl sites for hydroxylation is 1. The molecule has 3 aromatic rings. The lowest BCUT2D eigenvalue weighted by Crippen LogP contribution is -2.27. The number of ketones is 1. The summed E-state index contributed by atoms with van der Waals surface area (Å²) in [6.07, 6.45) is 1.60. The van der Waals surface area contributed by atoms with Gasteiger partial charge < -0.3 is 9.88 Å². The molecule has 0 radical (unpaired) electrons. The molecular weight excluding hydrogens is 326 g/mol. The molecule has 0 aliphatic rings. The Morgan fingerprint density at radius 1 is 1.25 bits per heavy atom.